The van der Waals surface area contributed by atoms with Gasteiger partial charge in [-0.1, -0.05) is 34.1 Å². The van der Waals surface area contributed by atoms with Gasteiger partial charge in [0.1, 0.15) is 10.8 Å². The van der Waals surface area contributed by atoms with Gasteiger partial charge in [-0.05, 0) is 48.5 Å². The quantitative estimate of drug-likeness (QED) is 0.428. The molecule has 0 aliphatic heterocycles. The number of hydrogen-bond donors (Lipinski definition) is 1. The van der Waals surface area contributed by atoms with Crippen LogP contribution in [0.3, 0.4) is 0 Å². The van der Waals surface area contributed by atoms with Crippen molar-refractivity contribution >= 4 is 49.1 Å². The predicted octanol–water partition coefficient (Wildman–Crippen LogP) is 6.12. The van der Waals surface area contributed by atoms with Crippen molar-refractivity contribution in [2.45, 2.75) is 0 Å². The van der Waals surface area contributed by atoms with Gasteiger partial charge in [0.15, 0.2) is 0 Å². The van der Waals surface area contributed by atoms with Crippen LogP contribution in [0, 0.1) is 5.82 Å². The van der Waals surface area contributed by atoms with Crippen LogP contribution < -0.4 is 5.32 Å². The van der Waals surface area contributed by atoms with E-state index in [0.717, 1.165) is 25.3 Å². The molecule has 0 aliphatic rings. The topological polar surface area (TPSA) is 42.0 Å². The van der Waals surface area contributed by atoms with Gasteiger partial charge in [-0.2, -0.15) is 0 Å². The van der Waals surface area contributed by atoms with Gasteiger partial charge in [0.2, 0.25) is 0 Å². The number of anilines is 1. The maximum atomic E-state index is 13.4. The van der Waals surface area contributed by atoms with Gasteiger partial charge in [-0.3, -0.25) is 4.79 Å². The lowest BCUT2D eigenvalue weighted by Crippen LogP contribution is -2.12. The fraction of sp³-hybridized carbons (Fsp3) is 0. The normalized spacial score (nSPS) is 10.8. The van der Waals surface area contributed by atoms with Gasteiger partial charge in [0, 0.05) is 15.6 Å². The van der Waals surface area contributed by atoms with Crippen molar-refractivity contribution < 1.29 is 9.18 Å². The number of thiazole rings is 1. The molecule has 0 bridgehead atoms. The zero-order valence-corrected chi connectivity index (χ0v) is 15.8. The van der Waals surface area contributed by atoms with Crippen molar-refractivity contribution in [2.24, 2.45) is 0 Å². The van der Waals surface area contributed by atoms with Crippen molar-refractivity contribution in [3.63, 3.8) is 0 Å². The molecule has 1 heterocycles. The van der Waals surface area contributed by atoms with Crippen LogP contribution in [0.2, 0.25) is 0 Å². The number of rotatable bonds is 3. The highest BCUT2D eigenvalue weighted by molar-refractivity contribution is 9.10. The van der Waals surface area contributed by atoms with Crippen LogP contribution in [-0.2, 0) is 0 Å². The number of amides is 1. The minimum atomic E-state index is -0.445. The van der Waals surface area contributed by atoms with Crippen LogP contribution in [0.5, 0.6) is 0 Å². The lowest BCUT2D eigenvalue weighted by Gasteiger charge is -2.10. The molecule has 128 valence electrons. The molecule has 3 aromatic carbocycles. The minimum Gasteiger partial charge on any atom is -0.321 e. The Balaban J connectivity index is 1.74. The number of hydrogen-bond acceptors (Lipinski definition) is 3. The molecular weight excluding hydrogens is 415 g/mol. The molecule has 0 saturated heterocycles. The third kappa shape index (κ3) is 3.38. The zero-order valence-electron chi connectivity index (χ0n) is 13.4. The van der Waals surface area contributed by atoms with E-state index in [1.165, 1.54) is 18.2 Å². The van der Waals surface area contributed by atoms with Crippen LogP contribution in [-0.4, -0.2) is 10.9 Å². The van der Waals surface area contributed by atoms with E-state index in [-0.39, 0.29) is 11.5 Å². The van der Waals surface area contributed by atoms with Crippen LogP contribution in [0.25, 0.3) is 20.8 Å². The van der Waals surface area contributed by atoms with E-state index in [0.29, 0.717) is 5.69 Å². The van der Waals surface area contributed by atoms with Gasteiger partial charge in [-0.25, -0.2) is 9.37 Å². The summed E-state index contributed by atoms with van der Waals surface area (Å²) in [7, 11) is 0. The number of halogens is 2. The lowest BCUT2D eigenvalue weighted by atomic mass is 10.1. The monoisotopic (exact) mass is 426 g/mol. The van der Waals surface area contributed by atoms with Crippen LogP contribution in [0.1, 0.15) is 10.4 Å². The molecule has 0 radical (unpaired) electrons. The van der Waals surface area contributed by atoms with Gasteiger partial charge >= 0.3 is 0 Å². The zero-order chi connectivity index (χ0) is 18.1. The molecule has 0 unspecified atom stereocenters. The van der Waals surface area contributed by atoms with E-state index < -0.39 is 5.82 Å². The van der Waals surface area contributed by atoms with Crippen LogP contribution >= 0.6 is 27.3 Å². The molecule has 1 amide bonds. The number of nitrogens with zero attached hydrogens (tertiary/aromatic N) is 1. The van der Waals surface area contributed by atoms with Gasteiger partial charge in [0.05, 0.1) is 15.9 Å². The average Bonchev–Trinajstić information content (AvgIpc) is 3.07. The fourth-order valence-electron chi connectivity index (χ4n) is 2.61. The summed E-state index contributed by atoms with van der Waals surface area (Å²) in [6, 6.07) is 19.1. The average molecular weight is 427 g/mol. The minimum absolute atomic E-state index is 0.267. The van der Waals surface area contributed by atoms with Crippen LogP contribution in [0.15, 0.2) is 71.2 Å². The van der Waals surface area contributed by atoms with Crippen molar-refractivity contribution in [1.82, 2.24) is 4.98 Å². The maximum absolute atomic E-state index is 13.4. The highest BCUT2D eigenvalue weighted by atomic mass is 79.9. The molecule has 0 spiro atoms. The van der Waals surface area contributed by atoms with E-state index in [1.807, 2.05) is 42.5 Å². The van der Waals surface area contributed by atoms with Crippen molar-refractivity contribution in [2.75, 3.05) is 5.32 Å². The summed E-state index contributed by atoms with van der Waals surface area (Å²) in [5, 5.41) is 3.67. The molecule has 0 fully saturated rings. The standard InChI is InChI=1S/C20H12BrFN2OS/c21-13-8-9-16(23-19(25)12-4-3-5-14(22)10-12)15(11-13)20-24-17-6-1-2-7-18(17)26-20/h1-11H,(H,23,25). The second-order valence-corrected chi connectivity index (χ2v) is 7.59. The summed E-state index contributed by atoms with van der Waals surface area (Å²) < 4.78 is 15.3. The Labute approximate surface area is 161 Å². The number of para-hydroxylation sites is 1. The first kappa shape index (κ1) is 16.9. The van der Waals surface area contributed by atoms with E-state index >= 15 is 0 Å². The second-order valence-electron chi connectivity index (χ2n) is 5.64. The Morgan fingerprint density at radius 3 is 2.69 bits per heavy atom. The molecule has 26 heavy (non-hydrogen) atoms. The first-order valence-electron chi connectivity index (χ1n) is 7.82. The number of nitrogens with one attached hydrogen (secondary N) is 1. The summed E-state index contributed by atoms with van der Waals surface area (Å²) in [4.78, 5) is 17.2. The molecule has 1 aromatic heterocycles. The molecule has 0 atom stereocenters. The number of carbonyl (C=O) groups excluding carboxylic acids is 1. The van der Waals surface area contributed by atoms with Crippen molar-refractivity contribution in [1.29, 1.82) is 0 Å². The summed E-state index contributed by atoms with van der Waals surface area (Å²) in [6.07, 6.45) is 0. The number of carbonyl (C=O) groups is 1. The highest BCUT2D eigenvalue weighted by Crippen LogP contribution is 2.36. The van der Waals surface area contributed by atoms with Gasteiger partial charge < -0.3 is 5.32 Å². The Morgan fingerprint density at radius 1 is 1.04 bits per heavy atom. The highest BCUT2D eigenvalue weighted by Gasteiger charge is 2.14. The van der Waals surface area contributed by atoms with E-state index in [9.17, 15) is 9.18 Å². The first-order chi connectivity index (χ1) is 12.6. The molecule has 0 saturated carbocycles. The smallest absolute Gasteiger partial charge is 0.255 e. The summed E-state index contributed by atoms with van der Waals surface area (Å²) in [5.74, 6) is -0.811. The molecule has 6 heteroatoms. The Hall–Kier alpha value is -2.57. The lowest BCUT2D eigenvalue weighted by molar-refractivity contribution is 0.102. The molecule has 0 aliphatic carbocycles. The first-order valence-corrected chi connectivity index (χ1v) is 9.43. The summed E-state index contributed by atoms with van der Waals surface area (Å²) >= 11 is 5.03. The Kier molecular flexibility index (Phi) is 4.53. The molecule has 1 N–H and O–H groups in total. The third-order valence-corrected chi connectivity index (χ3v) is 5.40. The number of benzene rings is 3. The summed E-state index contributed by atoms with van der Waals surface area (Å²) in [6.45, 7) is 0. The SMILES string of the molecule is O=C(Nc1ccc(Br)cc1-c1nc2ccccc2s1)c1cccc(F)c1. The number of aromatic nitrogens is 1. The van der Waals surface area contributed by atoms with E-state index in [4.69, 9.17) is 0 Å². The molecule has 4 rings (SSSR count). The summed E-state index contributed by atoms with van der Waals surface area (Å²) in [5.41, 5.74) is 2.62. The van der Waals surface area contributed by atoms with Crippen LogP contribution in [0.4, 0.5) is 10.1 Å². The maximum Gasteiger partial charge on any atom is 0.255 e. The van der Waals surface area contributed by atoms with Gasteiger partial charge in [0.25, 0.3) is 5.91 Å². The molecule has 4 aromatic rings. The van der Waals surface area contributed by atoms with Crippen molar-refractivity contribution in [3.05, 3.63) is 82.6 Å². The van der Waals surface area contributed by atoms with Crippen molar-refractivity contribution in [3.8, 4) is 10.6 Å². The van der Waals surface area contributed by atoms with Gasteiger partial charge in [-0.15, -0.1) is 11.3 Å². The third-order valence-electron chi connectivity index (χ3n) is 3.84. The molecule has 3 nitrogen and oxygen atoms in total. The Morgan fingerprint density at radius 2 is 1.88 bits per heavy atom. The largest absolute Gasteiger partial charge is 0.321 e. The van der Waals surface area contributed by atoms with E-state index in [2.05, 4.69) is 26.2 Å². The molecular formula is C20H12BrFN2OS. The van der Waals surface area contributed by atoms with E-state index in [1.54, 1.807) is 17.4 Å². The Bertz CT molecular complexity index is 1090. The second kappa shape index (κ2) is 6.97. The number of fused-ring (bicyclic) bond motifs is 1. The fourth-order valence-corrected chi connectivity index (χ4v) is 3.97. The predicted molar refractivity (Wildman–Crippen MR) is 107 cm³/mol.